The summed E-state index contributed by atoms with van der Waals surface area (Å²) in [4.78, 5) is 13.3. The number of rotatable bonds is 0. The number of carbonyl (C=O) groups excluding carboxylic acids is 1. The van der Waals surface area contributed by atoms with Crippen molar-refractivity contribution in [3.63, 3.8) is 0 Å². The minimum atomic E-state index is -0.367. The molecule has 4 heteroatoms. The van der Waals surface area contributed by atoms with Crippen LogP contribution in [0.2, 0.25) is 4.71 Å². The van der Waals surface area contributed by atoms with E-state index >= 15 is 0 Å². The average Bonchev–Trinajstić information content (AvgIpc) is 2.31. The van der Waals surface area contributed by atoms with Crippen molar-refractivity contribution in [3.8, 4) is 0 Å². The molecule has 0 radical (unpaired) electrons. The van der Waals surface area contributed by atoms with Gasteiger partial charge in [0.1, 0.15) is 0 Å². The molecule has 0 N–H and O–H groups in total. The predicted octanol–water partition coefficient (Wildman–Crippen LogP) is 1.05. The van der Waals surface area contributed by atoms with E-state index in [2.05, 4.69) is 0 Å². The second kappa shape index (κ2) is 3.91. The topological polar surface area (TPSA) is 29.5 Å². The molecule has 1 rings (SSSR count). The number of hydrogen-bond acceptors (Lipinski definition) is 2. The van der Waals surface area contributed by atoms with Gasteiger partial charge in [0.2, 0.25) is 0 Å². The van der Waals surface area contributed by atoms with Crippen LogP contribution in [0.1, 0.15) is 27.2 Å². The van der Waals surface area contributed by atoms with E-state index in [4.69, 9.17) is 4.74 Å². The van der Waals surface area contributed by atoms with Crippen molar-refractivity contribution in [1.29, 1.82) is 0 Å². The monoisotopic (exact) mass is 247 g/mol. The van der Waals surface area contributed by atoms with Crippen LogP contribution in [0.25, 0.3) is 0 Å². The number of nitrogens with zero attached hydrogens (tertiary/aromatic N) is 1. The van der Waals surface area contributed by atoms with Crippen molar-refractivity contribution in [2.75, 3.05) is 13.1 Å². The van der Waals surface area contributed by atoms with Crippen molar-refractivity contribution in [2.24, 2.45) is 0 Å². The summed E-state index contributed by atoms with van der Waals surface area (Å²) in [6.07, 6.45) is 0.965. The number of likely N-dealkylation sites (tertiary alicyclic amines) is 1. The summed E-state index contributed by atoms with van der Waals surface area (Å²) < 4.78 is 5.94. The van der Waals surface area contributed by atoms with Gasteiger partial charge in [-0.25, -0.2) is 0 Å². The van der Waals surface area contributed by atoms with Crippen molar-refractivity contribution in [3.05, 3.63) is 0 Å². The molecule has 1 fully saturated rings. The van der Waals surface area contributed by atoms with Crippen molar-refractivity contribution >= 4 is 22.9 Å². The van der Waals surface area contributed by atoms with Gasteiger partial charge in [-0.15, -0.1) is 0 Å². The summed E-state index contributed by atoms with van der Waals surface area (Å²) in [5.74, 6) is 0. The Labute approximate surface area is 88.3 Å². The van der Waals surface area contributed by atoms with Crippen LogP contribution < -0.4 is 0 Å². The number of hydrogen-bond donors (Lipinski definition) is 0. The van der Waals surface area contributed by atoms with E-state index in [1.54, 1.807) is 21.8 Å². The maximum atomic E-state index is 11.5. The van der Waals surface area contributed by atoms with Gasteiger partial charge in [0.25, 0.3) is 0 Å². The molecule has 1 aliphatic heterocycles. The molecule has 0 aromatic rings. The van der Waals surface area contributed by atoms with Gasteiger partial charge in [-0.3, -0.25) is 0 Å². The van der Waals surface area contributed by atoms with Crippen LogP contribution >= 0.6 is 0 Å². The minimum absolute atomic E-state index is 0.160. The van der Waals surface area contributed by atoms with E-state index < -0.39 is 0 Å². The SMILES string of the molecule is CC(C)(C)OC(=O)N1CC[C@H]([AsH2])C1. The molecule has 0 aromatic carbocycles. The Bertz CT molecular complexity index is 200. The third kappa shape index (κ3) is 3.59. The van der Waals surface area contributed by atoms with Gasteiger partial charge in [-0.1, -0.05) is 0 Å². The second-order valence-corrected chi connectivity index (χ2v) is 6.45. The van der Waals surface area contributed by atoms with Gasteiger partial charge >= 0.3 is 88.0 Å². The molecule has 0 aliphatic carbocycles. The Kier molecular flexibility index (Phi) is 3.28. The van der Waals surface area contributed by atoms with E-state index in [0.717, 1.165) is 19.5 Å². The Morgan fingerprint density at radius 2 is 2.15 bits per heavy atom. The number of amides is 1. The fourth-order valence-electron chi connectivity index (χ4n) is 1.28. The van der Waals surface area contributed by atoms with Crippen molar-refractivity contribution in [2.45, 2.75) is 37.5 Å². The van der Waals surface area contributed by atoms with Gasteiger partial charge in [-0.05, 0) is 0 Å². The van der Waals surface area contributed by atoms with E-state index in [1.807, 2.05) is 20.8 Å². The molecule has 0 bridgehead atoms. The second-order valence-electron chi connectivity index (χ2n) is 4.48. The molecule has 0 spiro atoms. The van der Waals surface area contributed by atoms with E-state index in [0.29, 0.717) is 4.71 Å². The standard InChI is InChI=1S/C9H18AsNO2/c1-9(2,3)13-8(12)11-5-4-7(10)6-11/h7H,4-6,10H2,1-3H3/t7-/m0/s1. The zero-order valence-corrected chi connectivity index (χ0v) is 11.0. The summed E-state index contributed by atoms with van der Waals surface area (Å²) in [7, 11) is 0. The summed E-state index contributed by atoms with van der Waals surface area (Å²) in [6, 6.07) is 0. The fraction of sp³-hybridized carbons (Fsp3) is 0.889. The van der Waals surface area contributed by atoms with Gasteiger partial charge < -0.3 is 0 Å². The summed E-state index contributed by atoms with van der Waals surface area (Å²) in [6.45, 7) is 7.42. The zero-order valence-electron chi connectivity index (χ0n) is 8.54. The summed E-state index contributed by atoms with van der Waals surface area (Å²) in [5.41, 5.74) is -0.367. The normalized spacial score (nSPS) is 23.4. The van der Waals surface area contributed by atoms with E-state index in [-0.39, 0.29) is 11.7 Å². The summed E-state index contributed by atoms with van der Waals surface area (Å²) >= 11 is 1.72. The molecule has 0 aromatic heterocycles. The third-order valence-corrected chi connectivity index (χ3v) is 3.02. The van der Waals surface area contributed by atoms with E-state index in [1.165, 1.54) is 0 Å². The molecular formula is C9H18AsNO2. The molecule has 0 saturated carbocycles. The number of ether oxygens (including phenoxy) is 1. The predicted molar refractivity (Wildman–Crippen MR) is 54.7 cm³/mol. The molecular weight excluding hydrogens is 229 g/mol. The Morgan fingerprint density at radius 3 is 2.54 bits per heavy atom. The Morgan fingerprint density at radius 1 is 1.54 bits per heavy atom. The molecule has 1 heterocycles. The molecule has 13 heavy (non-hydrogen) atoms. The van der Waals surface area contributed by atoms with Crippen molar-refractivity contribution < 1.29 is 9.53 Å². The third-order valence-electron chi connectivity index (χ3n) is 1.88. The molecule has 2 atom stereocenters. The first-order valence-electron chi connectivity index (χ1n) is 4.62. The van der Waals surface area contributed by atoms with Crippen LogP contribution in [-0.2, 0) is 4.74 Å². The molecule has 3 nitrogen and oxygen atoms in total. The van der Waals surface area contributed by atoms with Crippen LogP contribution in [0.15, 0.2) is 0 Å². The van der Waals surface area contributed by atoms with E-state index in [9.17, 15) is 4.79 Å². The van der Waals surface area contributed by atoms with Gasteiger partial charge in [-0.2, -0.15) is 0 Å². The molecule has 1 saturated heterocycles. The first-order valence-corrected chi connectivity index (χ1v) is 6.02. The average molecular weight is 247 g/mol. The van der Waals surface area contributed by atoms with Gasteiger partial charge in [0.15, 0.2) is 0 Å². The van der Waals surface area contributed by atoms with Gasteiger partial charge in [0, 0.05) is 0 Å². The van der Waals surface area contributed by atoms with Crippen LogP contribution in [-0.4, -0.2) is 46.5 Å². The maximum absolute atomic E-state index is 11.5. The number of carbonyl (C=O) groups is 1. The fourth-order valence-corrected chi connectivity index (χ4v) is 2.13. The Balaban J connectivity index is 2.41. The molecule has 76 valence electrons. The van der Waals surface area contributed by atoms with Crippen LogP contribution in [0.3, 0.4) is 0 Å². The quantitative estimate of drug-likeness (QED) is 0.599. The van der Waals surface area contributed by atoms with Crippen LogP contribution in [0.5, 0.6) is 0 Å². The molecule has 1 amide bonds. The first kappa shape index (κ1) is 10.9. The first-order chi connectivity index (χ1) is 5.88. The van der Waals surface area contributed by atoms with Crippen molar-refractivity contribution in [1.82, 2.24) is 4.90 Å². The molecule has 1 aliphatic rings. The summed E-state index contributed by atoms with van der Waals surface area (Å²) in [5, 5.41) is 0. The van der Waals surface area contributed by atoms with Crippen LogP contribution in [0.4, 0.5) is 4.79 Å². The molecule has 1 unspecified atom stereocenters. The van der Waals surface area contributed by atoms with Gasteiger partial charge in [0.05, 0.1) is 0 Å². The Hall–Kier alpha value is -0.172. The van der Waals surface area contributed by atoms with Crippen LogP contribution in [0, 0.1) is 0 Å². The zero-order chi connectivity index (χ0) is 10.1.